The van der Waals surface area contributed by atoms with Gasteiger partial charge in [0.15, 0.2) is 0 Å². The smallest absolute Gasteiger partial charge is 0.244 e. The molecule has 0 radical (unpaired) electrons. The van der Waals surface area contributed by atoms with Gasteiger partial charge in [0.1, 0.15) is 6.54 Å². The van der Waals surface area contributed by atoms with Gasteiger partial charge in [-0.25, -0.2) is 4.68 Å². The van der Waals surface area contributed by atoms with Crippen molar-refractivity contribution in [3.63, 3.8) is 0 Å². The van der Waals surface area contributed by atoms with E-state index < -0.39 is 6.10 Å². The largest absolute Gasteiger partial charge is 0.392 e. The number of amides is 1. The first kappa shape index (κ1) is 10.6. The van der Waals surface area contributed by atoms with Crippen LogP contribution in [-0.2, 0) is 11.3 Å². The zero-order chi connectivity index (χ0) is 10.6. The SMILES string of the molecule is CC(O)CN(C)C(=O)Cn1ccnn1. The molecule has 1 N–H and O–H groups in total. The molecule has 0 saturated carbocycles. The minimum atomic E-state index is -0.514. The van der Waals surface area contributed by atoms with E-state index in [1.54, 1.807) is 20.2 Å². The summed E-state index contributed by atoms with van der Waals surface area (Å²) in [5.41, 5.74) is 0. The van der Waals surface area contributed by atoms with Crippen molar-refractivity contribution in [3.8, 4) is 0 Å². The van der Waals surface area contributed by atoms with Gasteiger partial charge >= 0.3 is 0 Å². The molecule has 1 atom stereocenters. The highest BCUT2D eigenvalue weighted by molar-refractivity contribution is 5.75. The molecule has 1 rings (SSSR count). The summed E-state index contributed by atoms with van der Waals surface area (Å²) in [6.07, 6.45) is 2.62. The third-order valence-corrected chi connectivity index (χ3v) is 1.73. The van der Waals surface area contributed by atoms with Gasteiger partial charge in [-0.15, -0.1) is 5.10 Å². The van der Waals surface area contributed by atoms with Gasteiger partial charge in [-0.2, -0.15) is 0 Å². The number of aromatic nitrogens is 3. The van der Waals surface area contributed by atoms with E-state index >= 15 is 0 Å². The first-order valence-corrected chi connectivity index (χ1v) is 4.35. The van der Waals surface area contributed by atoms with E-state index in [0.717, 1.165) is 0 Å². The van der Waals surface area contributed by atoms with Crippen molar-refractivity contribution < 1.29 is 9.90 Å². The molecule has 0 spiro atoms. The zero-order valence-electron chi connectivity index (χ0n) is 8.29. The van der Waals surface area contributed by atoms with E-state index in [1.807, 2.05) is 0 Å². The summed E-state index contributed by atoms with van der Waals surface area (Å²) in [5, 5.41) is 16.3. The molecule has 0 aliphatic carbocycles. The Hall–Kier alpha value is -1.43. The van der Waals surface area contributed by atoms with E-state index in [1.165, 1.54) is 15.8 Å². The third kappa shape index (κ3) is 3.14. The fraction of sp³-hybridized carbons (Fsp3) is 0.625. The molecule has 14 heavy (non-hydrogen) atoms. The highest BCUT2D eigenvalue weighted by atomic mass is 16.3. The van der Waals surface area contributed by atoms with Crippen LogP contribution in [0.2, 0.25) is 0 Å². The van der Waals surface area contributed by atoms with Gasteiger partial charge in [0.05, 0.1) is 12.3 Å². The topological polar surface area (TPSA) is 71.2 Å². The number of nitrogens with zero attached hydrogens (tertiary/aromatic N) is 4. The Labute approximate surface area is 82.1 Å². The number of likely N-dealkylation sites (N-methyl/N-ethyl adjacent to an activating group) is 1. The lowest BCUT2D eigenvalue weighted by molar-refractivity contribution is -0.131. The summed E-state index contributed by atoms with van der Waals surface area (Å²) in [7, 11) is 1.64. The monoisotopic (exact) mass is 198 g/mol. The van der Waals surface area contributed by atoms with E-state index in [2.05, 4.69) is 10.3 Å². The normalized spacial score (nSPS) is 12.5. The van der Waals surface area contributed by atoms with Crippen LogP contribution in [0.25, 0.3) is 0 Å². The number of rotatable bonds is 4. The second kappa shape index (κ2) is 4.71. The van der Waals surface area contributed by atoms with Crippen molar-refractivity contribution in [1.29, 1.82) is 0 Å². The maximum atomic E-state index is 11.5. The first-order chi connectivity index (χ1) is 6.59. The van der Waals surface area contributed by atoms with E-state index in [9.17, 15) is 4.79 Å². The third-order valence-electron chi connectivity index (χ3n) is 1.73. The van der Waals surface area contributed by atoms with Gasteiger partial charge < -0.3 is 10.0 Å². The number of carbonyl (C=O) groups is 1. The predicted molar refractivity (Wildman–Crippen MR) is 49.3 cm³/mol. The minimum Gasteiger partial charge on any atom is -0.392 e. The van der Waals surface area contributed by atoms with Gasteiger partial charge in [-0.1, -0.05) is 5.21 Å². The molecule has 6 nitrogen and oxygen atoms in total. The first-order valence-electron chi connectivity index (χ1n) is 4.35. The zero-order valence-corrected chi connectivity index (χ0v) is 8.29. The van der Waals surface area contributed by atoms with Crippen LogP contribution in [0.1, 0.15) is 6.92 Å². The highest BCUT2D eigenvalue weighted by Crippen LogP contribution is 1.92. The van der Waals surface area contributed by atoms with Gasteiger partial charge in [0.25, 0.3) is 0 Å². The Morgan fingerprint density at radius 2 is 2.43 bits per heavy atom. The molecule has 1 aromatic heterocycles. The molecule has 0 aliphatic rings. The molecule has 0 aromatic carbocycles. The van der Waals surface area contributed by atoms with Crippen LogP contribution in [0.15, 0.2) is 12.4 Å². The van der Waals surface area contributed by atoms with Crippen LogP contribution in [0.4, 0.5) is 0 Å². The van der Waals surface area contributed by atoms with Crippen LogP contribution >= 0.6 is 0 Å². The van der Waals surface area contributed by atoms with Crippen LogP contribution in [0, 0.1) is 0 Å². The lowest BCUT2D eigenvalue weighted by Crippen LogP contribution is -2.35. The van der Waals surface area contributed by atoms with Crippen LogP contribution in [0.5, 0.6) is 0 Å². The van der Waals surface area contributed by atoms with Crippen molar-refractivity contribution in [1.82, 2.24) is 19.9 Å². The second-order valence-electron chi connectivity index (χ2n) is 3.22. The standard InChI is InChI=1S/C8H14N4O2/c1-7(13)5-11(2)8(14)6-12-4-3-9-10-12/h3-4,7,13H,5-6H2,1-2H3. The lowest BCUT2D eigenvalue weighted by atomic mass is 10.3. The fourth-order valence-electron chi connectivity index (χ4n) is 1.07. The van der Waals surface area contributed by atoms with Crippen LogP contribution in [0.3, 0.4) is 0 Å². The van der Waals surface area contributed by atoms with Crippen molar-refractivity contribution in [2.45, 2.75) is 19.6 Å². The summed E-state index contributed by atoms with van der Waals surface area (Å²) >= 11 is 0. The van der Waals surface area contributed by atoms with Crippen LogP contribution < -0.4 is 0 Å². The van der Waals surface area contributed by atoms with Gasteiger partial charge in [-0.05, 0) is 6.92 Å². The van der Waals surface area contributed by atoms with Gasteiger partial charge in [0, 0.05) is 19.8 Å². The van der Waals surface area contributed by atoms with Crippen molar-refractivity contribution >= 4 is 5.91 Å². The Morgan fingerprint density at radius 3 is 2.93 bits per heavy atom. The second-order valence-corrected chi connectivity index (χ2v) is 3.22. The Morgan fingerprint density at radius 1 is 1.71 bits per heavy atom. The predicted octanol–water partition coefficient (Wildman–Crippen LogP) is -0.883. The van der Waals surface area contributed by atoms with E-state index in [0.29, 0.717) is 6.54 Å². The van der Waals surface area contributed by atoms with Gasteiger partial charge in [-0.3, -0.25) is 4.79 Å². The molecule has 0 saturated heterocycles. The summed E-state index contributed by atoms with van der Waals surface area (Å²) in [4.78, 5) is 12.9. The summed E-state index contributed by atoms with van der Waals surface area (Å²) in [5.74, 6) is -0.101. The molecule has 0 fully saturated rings. The Kier molecular flexibility index (Phi) is 3.58. The summed E-state index contributed by atoms with van der Waals surface area (Å²) < 4.78 is 1.45. The molecule has 1 unspecified atom stereocenters. The number of aliphatic hydroxyl groups excluding tert-OH is 1. The maximum Gasteiger partial charge on any atom is 0.244 e. The molecule has 1 heterocycles. The Balaban J connectivity index is 2.42. The molecular weight excluding hydrogens is 184 g/mol. The molecule has 6 heteroatoms. The molecule has 78 valence electrons. The summed E-state index contributed by atoms with van der Waals surface area (Å²) in [6, 6.07) is 0. The minimum absolute atomic E-state index is 0.101. The molecule has 1 amide bonds. The van der Waals surface area contributed by atoms with E-state index in [-0.39, 0.29) is 12.5 Å². The average Bonchev–Trinajstić information content (AvgIpc) is 2.55. The van der Waals surface area contributed by atoms with E-state index in [4.69, 9.17) is 5.11 Å². The van der Waals surface area contributed by atoms with Crippen molar-refractivity contribution in [2.75, 3.05) is 13.6 Å². The number of hydrogen-bond acceptors (Lipinski definition) is 4. The summed E-state index contributed by atoms with van der Waals surface area (Å²) in [6.45, 7) is 2.12. The lowest BCUT2D eigenvalue weighted by Gasteiger charge is -2.18. The average molecular weight is 198 g/mol. The van der Waals surface area contributed by atoms with Crippen molar-refractivity contribution in [3.05, 3.63) is 12.4 Å². The highest BCUT2D eigenvalue weighted by Gasteiger charge is 2.11. The van der Waals surface area contributed by atoms with Gasteiger partial charge in [0.2, 0.25) is 5.91 Å². The fourth-order valence-corrected chi connectivity index (χ4v) is 1.07. The number of aliphatic hydroxyl groups is 1. The maximum absolute atomic E-state index is 11.5. The number of carbonyl (C=O) groups excluding carboxylic acids is 1. The number of hydrogen-bond donors (Lipinski definition) is 1. The quantitative estimate of drug-likeness (QED) is 0.681. The molecular formula is C8H14N4O2. The molecule has 1 aromatic rings. The Bertz CT molecular complexity index is 284. The molecule has 0 bridgehead atoms. The molecule has 0 aliphatic heterocycles. The van der Waals surface area contributed by atoms with Crippen molar-refractivity contribution in [2.24, 2.45) is 0 Å². The van der Waals surface area contributed by atoms with Crippen LogP contribution in [-0.4, -0.2) is 50.6 Å².